The smallest absolute Gasteiger partial charge is 0.104 e. The van der Waals surface area contributed by atoms with Crippen molar-refractivity contribution >= 4 is 16.3 Å². The molecular formula is C15H14N2S. The first-order valence-corrected chi connectivity index (χ1v) is 6.99. The molecule has 1 aliphatic carbocycles. The van der Waals surface area contributed by atoms with Crippen molar-refractivity contribution in [3.63, 3.8) is 0 Å². The SMILES string of the molecule is N#Cc1c(N)sc2c1CCCC2c1ccccc1. The number of nitrogens with zero attached hydrogens (tertiary/aromatic N) is 1. The summed E-state index contributed by atoms with van der Waals surface area (Å²) in [5.74, 6) is 0.421. The molecule has 0 amide bonds. The Balaban J connectivity index is 2.11. The van der Waals surface area contributed by atoms with Gasteiger partial charge in [0.1, 0.15) is 11.1 Å². The standard InChI is InChI=1S/C15H14N2S/c16-9-13-12-8-4-7-11(14(12)18-15(13)17)10-5-2-1-3-6-10/h1-3,5-6,11H,4,7-8,17H2. The van der Waals surface area contributed by atoms with E-state index >= 15 is 0 Å². The lowest BCUT2D eigenvalue weighted by atomic mass is 9.83. The monoisotopic (exact) mass is 254 g/mol. The molecule has 0 saturated carbocycles. The van der Waals surface area contributed by atoms with Gasteiger partial charge in [0.15, 0.2) is 0 Å². The van der Waals surface area contributed by atoms with Gasteiger partial charge in [0.05, 0.1) is 5.56 Å². The molecule has 0 bridgehead atoms. The van der Waals surface area contributed by atoms with E-state index < -0.39 is 0 Å². The number of fused-ring (bicyclic) bond motifs is 1. The van der Waals surface area contributed by atoms with Gasteiger partial charge in [-0.3, -0.25) is 0 Å². The molecule has 1 aliphatic rings. The maximum Gasteiger partial charge on any atom is 0.104 e. The number of nitriles is 1. The number of thiophene rings is 1. The molecule has 2 N–H and O–H groups in total. The number of benzene rings is 1. The van der Waals surface area contributed by atoms with Crippen LogP contribution in [0.1, 0.15) is 40.3 Å². The van der Waals surface area contributed by atoms with E-state index in [0.29, 0.717) is 10.9 Å². The van der Waals surface area contributed by atoms with Crippen molar-refractivity contribution in [3.8, 4) is 6.07 Å². The van der Waals surface area contributed by atoms with Gasteiger partial charge in [-0.25, -0.2) is 0 Å². The van der Waals surface area contributed by atoms with E-state index in [1.165, 1.54) is 16.0 Å². The van der Waals surface area contributed by atoms with Crippen molar-refractivity contribution in [2.24, 2.45) is 0 Å². The highest BCUT2D eigenvalue weighted by molar-refractivity contribution is 7.16. The quantitative estimate of drug-likeness (QED) is 0.844. The third kappa shape index (κ3) is 1.70. The van der Waals surface area contributed by atoms with Gasteiger partial charge in [-0.1, -0.05) is 30.3 Å². The van der Waals surface area contributed by atoms with Gasteiger partial charge in [-0.05, 0) is 30.4 Å². The van der Waals surface area contributed by atoms with Gasteiger partial charge in [-0.15, -0.1) is 11.3 Å². The fourth-order valence-corrected chi connectivity index (χ4v) is 4.00. The molecule has 1 atom stereocenters. The van der Waals surface area contributed by atoms with Crippen LogP contribution in [0.4, 0.5) is 5.00 Å². The summed E-state index contributed by atoms with van der Waals surface area (Å²) in [6.07, 6.45) is 3.29. The minimum Gasteiger partial charge on any atom is -0.389 e. The lowest BCUT2D eigenvalue weighted by Crippen LogP contribution is -2.08. The van der Waals surface area contributed by atoms with Crippen molar-refractivity contribution in [1.82, 2.24) is 0 Å². The van der Waals surface area contributed by atoms with Crippen LogP contribution in [0.15, 0.2) is 30.3 Å². The largest absolute Gasteiger partial charge is 0.389 e. The molecule has 0 spiro atoms. The number of hydrogen-bond donors (Lipinski definition) is 1. The Hall–Kier alpha value is -1.79. The van der Waals surface area contributed by atoms with Crippen molar-refractivity contribution in [2.45, 2.75) is 25.2 Å². The summed E-state index contributed by atoms with van der Waals surface area (Å²) in [5.41, 5.74) is 9.22. The van der Waals surface area contributed by atoms with Crippen molar-refractivity contribution in [1.29, 1.82) is 5.26 Å². The van der Waals surface area contributed by atoms with Crippen LogP contribution in [0.2, 0.25) is 0 Å². The molecule has 2 nitrogen and oxygen atoms in total. The van der Waals surface area contributed by atoms with Gasteiger partial charge in [-0.2, -0.15) is 5.26 Å². The van der Waals surface area contributed by atoms with Crippen molar-refractivity contribution < 1.29 is 0 Å². The fraction of sp³-hybridized carbons (Fsp3) is 0.267. The Morgan fingerprint density at radius 1 is 1.28 bits per heavy atom. The Morgan fingerprint density at radius 2 is 2.06 bits per heavy atom. The second-order valence-electron chi connectivity index (χ2n) is 4.65. The number of hydrogen-bond acceptors (Lipinski definition) is 3. The molecule has 1 heterocycles. The molecule has 0 fully saturated rings. The molecule has 18 heavy (non-hydrogen) atoms. The summed E-state index contributed by atoms with van der Waals surface area (Å²) >= 11 is 1.60. The van der Waals surface area contributed by atoms with Crippen LogP contribution < -0.4 is 5.73 Å². The average Bonchev–Trinajstić information content (AvgIpc) is 2.74. The second-order valence-corrected chi connectivity index (χ2v) is 5.74. The molecule has 1 aromatic carbocycles. The Morgan fingerprint density at radius 3 is 2.78 bits per heavy atom. The summed E-state index contributed by atoms with van der Waals surface area (Å²) < 4.78 is 0. The van der Waals surface area contributed by atoms with E-state index in [0.717, 1.165) is 24.8 Å². The van der Waals surface area contributed by atoms with Crippen LogP contribution in [0.3, 0.4) is 0 Å². The Kier molecular flexibility index (Phi) is 2.81. The van der Waals surface area contributed by atoms with E-state index in [9.17, 15) is 5.26 Å². The summed E-state index contributed by atoms with van der Waals surface area (Å²) in [6, 6.07) is 12.8. The molecule has 90 valence electrons. The van der Waals surface area contributed by atoms with Crippen LogP contribution in [0, 0.1) is 11.3 Å². The number of nitrogens with two attached hydrogens (primary N) is 1. The molecule has 0 saturated heterocycles. The predicted molar refractivity (Wildman–Crippen MR) is 74.7 cm³/mol. The average molecular weight is 254 g/mol. The van der Waals surface area contributed by atoms with Gasteiger partial charge < -0.3 is 5.73 Å². The molecule has 3 rings (SSSR count). The molecule has 3 heteroatoms. The highest BCUT2D eigenvalue weighted by Gasteiger charge is 2.27. The Bertz CT molecular complexity index is 607. The minimum absolute atomic E-state index is 0.421. The Labute approximate surface area is 111 Å². The van der Waals surface area contributed by atoms with Crippen molar-refractivity contribution in [3.05, 3.63) is 51.9 Å². The topological polar surface area (TPSA) is 49.8 Å². The zero-order chi connectivity index (χ0) is 12.5. The zero-order valence-electron chi connectivity index (χ0n) is 10.0. The summed E-state index contributed by atoms with van der Waals surface area (Å²) in [6.45, 7) is 0. The highest BCUT2D eigenvalue weighted by Crippen LogP contribution is 2.44. The number of nitrogen functional groups attached to an aromatic ring is 1. The first-order valence-electron chi connectivity index (χ1n) is 6.17. The van der Waals surface area contributed by atoms with Crippen LogP contribution in [0.5, 0.6) is 0 Å². The van der Waals surface area contributed by atoms with Gasteiger partial charge in [0.2, 0.25) is 0 Å². The summed E-state index contributed by atoms with van der Waals surface area (Å²) in [7, 11) is 0. The van der Waals surface area contributed by atoms with Crippen molar-refractivity contribution in [2.75, 3.05) is 5.73 Å². The second kappa shape index (κ2) is 4.47. The number of anilines is 1. The van der Waals surface area contributed by atoms with Gasteiger partial charge in [0.25, 0.3) is 0 Å². The van der Waals surface area contributed by atoms with Crippen LogP contribution in [-0.4, -0.2) is 0 Å². The van der Waals surface area contributed by atoms with E-state index in [4.69, 9.17) is 5.73 Å². The van der Waals surface area contributed by atoms with E-state index in [1.807, 2.05) is 6.07 Å². The van der Waals surface area contributed by atoms with E-state index in [-0.39, 0.29) is 0 Å². The third-order valence-corrected chi connectivity index (χ3v) is 4.79. The maximum absolute atomic E-state index is 9.20. The summed E-state index contributed by atoms with van der Waals surface area (Å²) in [4.78, 5) is 1.31. The normalized spacial score (nSPS) is 18.1. The molecule has 0 aliphatic heterocycles. The molecule has 1 unspecified atom stereocenters. The molecular weight excluding hydrogens is 240 g/mol. The van der Waals surface area contributed by atoms with Crippen LogP contribution >= 0.6 is 11.3 Å². The van der Waals surface area contributed by atoms with Crippen LogP contribution in [0.25, 0.3) is 0 Å². The predicted octanol–water partition coefficient (Wildman–Crippen LogP) is 3.67. The molecule has 2 aromatic rings. The fourth-order valence-electron chi connectivity index (χ4n) is 2.77. The summed E-state index contributed by atoms with van der Waals surface area (Å²) in [5, 5.41) is 9.88. The van der Waals surface area contributed by atoms with E-state index in [1.54, 1.807) is 11.3 Å². The van der Waals surface area contributed by atoms with E-state index in [2.05, 4.69) is 30.3 Å². The first-order chi connectivity index (χ1) is 8.81. The van der Waals surface area contributed by atoms with Gasteiger partial charge >= 0.3 is 0 Å². The lowest BCUT2D eigenvalue weighted by Gasteiger charge is -2.22. The lowest BCUT2D eigenvalue weighted by molar-refractivity contribution is 0.627. The minimum atomic E-state index is 0.421. The highest BCUT2D eigenvalue weighted by atomic mass is 32.1. The molecule has 1 aromatic heterocycles. The maximum atomic E-state index is 9.20. The first kappa shape index (κ1) is 11.3. The third-order valence-electron chi connectivity index (χ3n) is 3.62. The van der Waals surface area contributed by atoms with Gasteiger partial charge in [0, 0.05) is 10.8 Å². The number of rotatable bonds is 1. The molecule has 0 radical (unpaired) electrons. The zero-order valence-corrected chi connectivity index (χ0v) is 10.8. The van der Waals surface area contributed by atoms with Crippen LogP contribution in [-0.2, 0) is 6.42 Å².